The van der Waals surface area contributed by atoms with Gasteiger partial charge in [0.15, 0.2) is 0 Å². The van der Waals surface area contributed by atoms with E-state index in [1.807, 2.05) is 19.2 Å². The van der Waals surface area contributed by atoms with Gasteiger partial charge in [-0.05, 0) is 38.1 Å². The molecule has 3 heteroatoms. The molecule has 17 heavy (non-hydrogen) atoms. The summed E-state index contributed by atoms with van der Waals surface area (Å²) >= 11 is 0. The zero-order valence-corrected chi connectivity index (χ0v) is 10.6. The topological polar surface area (TPSA) is 30.5 Å². The van der Waals surface area contributed by atoms with E-state index in [-0.39, 0.29) is 0 Å². The van der Waals surface area contributed by atoms with E-state index in [1.54, 1.807) is 0 Å². The second-order valence-electron chi connectivity index (χ2n) is 4.62. The molecule has 0 aliphatic carbocycles. The second-order valence-corrected chi connectivity index (χ2v) is 4.62. The van der Waals surface area contributed by atoms with Crippen LogP contribution in [0, 0.1) is 5.92 Å². The molecule has 1 fully saturated rings. The van der Waals surface area contributed by atoms with Crippen molar-refractivity contribution in [2.45, 2.75) is 19.4 Å². The predicted molar refractivity (Wildman–Crippen MR) is 68.3 cm³/mol. The Morgan fingerprint density at radius 1 is 1.41 bits per heavy atom. The van der Waals surface area contributed by atoms with E-state index in [0.717, 1.165) is 32.0 Å². The van der Waals surface area contributed by atoms with Gasteiger partial charge in [-0.2, -0.15) is 0 Å². The maximum atomic E-state index is 5.76. The highest BCUT2D eigenvalue weighted by Gasteiger charge is 2.16. The highest BCUT2D eigenvalue weighted by Crippen LogP contribution is 2.19. The highest BCUT2D eigenvalue weighted by molar-refractivity contribution is 5.28. The molecule has 1 aromatic carbocycles. The molecule has 1 aliphatic heterocycles. The molecule has 94 valence electrons. The molecule has 0 amide bonds. The van der Waals surface area contributed by atoms with Gasteiger partial charge in [-0.3, -0.25) is 0 Å². The van der Waals surface area contributed by atoms with Gasteiger partial charge in [0.2, 0.25) is 0 Å². The van der Waals surface area contributed by atoms with Gasteiger partial charge >= 0.3 is 0 Å². The molecule has 0 spiro atoms. The molecule has 0 radical (unpaired) electrons. The van der Waals surface area contributed by atoms with Crippen molar-refractivity contribution in [2.24, 2.45) is 5.92 Å². The van der Waals surface area contributed by atoms with Gasteiger partial charge < -0.3 is 14.8 Å². The van der Waals surface area contributed by atoms with Gasteiger partial charge in [0, 0.05) is 18.6 Å². The van der Waals surface area contributed by atoms with E-state index in [9.17, 15) is 0 Å². The predicted octanol–water partition coefficient (Wildman–Crippen LogP) is 2.38. The Morgan fingerprint density at radius 2 is 2.18 bits per heavy atom. The molecular formula is C14H21NO2. The fraction of sp³-hybridized carbons (Fsp3) is 0.571. The molecule has 2 atom stereocenters. The number of nitrogens with one attached hydrogen (secondary N) is 1. The molecule has 0 saturated carbocycles. The summed E-state index contributed by atoms with van der Waals surface area (Å²) in [4.78, 5) is 0. The molecular weight excluding hydrogens is 214 g/mol. The Balaban J connectivity index is 1.84. The van der Waals surface area contributed by atoms with Crippen LogP contribution in [-0.4, -0.2) is 26.9 Å². The molecule has 1 aliphatic rings. The van der Waals surface area contributed by atoms with Crippen LogP contribution in [0.5, 0.6) is 5.75 Å². The first-order valence-electron chi connectivity index (χ1n) is 6.27. The first-order valence-corrected chi connectivity index (χ1v) is 6.27. The van der Waals surface area contributed by atoms with Crippen molar-refractivity contribution in [3.8, 4) is 5.75 Å². The van der Waals surface area contributed by atoms with Crippen LogP contribution in [0.25, 0.3) is 0 Å². The first kappa shape index (κ1) is 12.4. The molecule has 2 rings (SSSR count). The van der Waals surface area contributed by atoms with E-state index in [2.05, 4.69) is 24.4 Å². The quantitative estimate of drug-likeness (QED) is 0.850. The standard InChI is InChI=1S/C14H21NO2/c1-11(15-2)13-3-5-14(6-4-13)17-10-12-7-8-16-9-12/h3-6,11-12,15H,7-10H2,1-2H3. The first-order chi connectivity index (χ1) is 8.29. The van der Waals surface area contributed by atoms with Crippen molar-refractivity contribution in [1.82, 2.24) is 5.32 Å². The maximum Gasteiger partial charge on any atom is 0.119 e. The minimum absolute atomic E-state index is 0.382. The fourth-order valence-corrected chi connectivity index (χ4v) is 1.95. The third kappa shape index (κ3) is 3.45. The molecule has 1 N–H and O–H groups in total. The lowest BCUT2D eigenvalue weighted by atomic mass is 10.1. The van der Waals surface area contributed by atoms with E-state index in [1.165, 1.54) is 5.56 Å². The van der Waals surface area contributed by atoms with Crippen molar-refractivity contribution < 1.29 is 9.47 Å². The van der Waals surface area contributed by atoms with Gasteiger partial charge in [0.1, 0.15) is 5.75 Å². The van der Waals surface area contributed by atoms with Gasteiger partial charge in [0.05, 0.1) is 13.2 Å². The van der Waals surface area contributed by atoms with Crippen molar-refractivity contribution >= 4 is 0 Å². The van der Waals surface area contributed by atoms with Crippen molar-refractivity contribution in [3.63, 3.8) is 0 Å². The summed E-state index contributed by atoms with van der Waals surface area (Å²) in [7, 11) is 1.97. The van der Waals surface area contributed by atoms with Crippen LogP contribution < -0.4 is 10.1 Å². The summed E-state index contributed by atoms with van der Waals surface area (Å²) < 4.78 is 11.1. The number of ether oxygens (including phenoxy) is 2. The largest absolute Gasteiger partial charge is 0.493 e. The van der Waals surface area contributed by atoms with Crippen molar-refractivity contribution in [3.05, 3.63) is 29.8 Å². The van der Waals surface area contributed by atoms with Gasteiger partial charge in [-0.1, -0.05) is 12.1 Å². The zero-order chi connectivity index (χ0) is 12.1. The van der Waals surface area contributed by atoms with Crippen molar-refractivity contribution in [2.75, 3.05) is 26.9 Å². The Labute approximate surface area is 103 Å². The Morgan fingerprint density at radius 3 is 2.76 bits per heavy atom. The molecule has 0 bridgehead atoms. The minimum Gasteiger partial charge on any atom is -0.493 e. The zero-order valence-electron chi connectivity index (χ0n) is 10.6. The average molecular weight is 235 g/mol. The second kappa shape index (κ2) is 6.03. The Hall–Kier alpha value is -1.06. The molecule has 1 aromatic rings. The number of hydrogen-bond donors (Lipinski definition) is 1. The summed E-state index contributed by atoms with van der Waals surface area (Å²) in [5, 5.41) is 3.22. The maximum absolute atomic E-state index is 5.76. The Bertz CT molecular complexity index is 331. The lowest BCUT2D eigenvalue weighted by Crippen LogP contribution is -2.13. The van der Waals surface area contributed by atoms with Gasteiger partial charge in [-0.25, -0.2) is 0 Å². The fourth-order valence-electron chi connectivity index (χ4n) is 1.95. The van der Waals surface area contributed by atoms with E-state index in [4.69, 9.17) is 9.47 Å². The minimum atomic E-state index is 0.382. The summed E-state index contributed by atoms with van der Waals surface area (Å²) in [5.74, 6) is 1.51. The highest BCUT2D eigenvalue weighted by atomic mass is 16.5. The van der Waals surface area contributed by atoms with Crippen LogP contribution >= 0.6 is 0 Å². The number of rotatable bonds is 5. The third-order valence-corrected chi connectivity index (χ3v) is 3.32. The SMILES string of the molecule is CNC(C)c1ccc(OCC2CCOC2)cc1. The normalized spacial score (nSPS) is 21.4. The lowest BCUT2D eigenvalue weighted by Gasteiger charge is -2.13. The summed E-state index contributed by atoms with van der Waals surface area (Å²) in [5.41, 5.74) is 1.28. The smallest absolute Gasteiger partial charge is 0.119 e. The molecule has 2 unspecified atom stereocenters. The van der Waals surface area contributed by atoms with Crippen LogP contribution in [0.2, 0.25) is 0 Å². The average Bonchev–Trinajstić information content (AvgIpc) is 2.89. The lowest BCUT2D eigenvalue weighted by molar-refractivity contribution is 0.167. The molecule has 1 saturated heterocycles. The summed E-state index contributed by atoms with van der Waals surface area (Å²) in [6, 6.07) is 8.69. The molecule has 0 aromatic heterocycles. The van der Waals surface area contributed by atoms with E-state index >= 15 is 0 Å². The number of hydrogen-bond acceptors (Lipinski definition) is 3. The van der Waals surface area contributed by atoms with Gasteiger partial charge in [-0.15, -0.1) is 0 Å². The number of benzene rings is 1. The van der Waals surface area contributed by atoms with Crippen LogP contribution in [0.3, 0.4) is 0 Å². The van der Waals surface area contributed by atoms with Crippen molar-refractivity contribution in [1.29, 1.82) is 0 Å². The van der Waals surface area contributed by atoms with Gasteiger partial charge in [0.25, 0.3) is 0 Å². The third-order valence-electron chi connectivity index (χ3n) is 3.32. The summed E-state index contributed by atoms with van der Waals surface area (Å²) in [6.45, 7) is 4.63. The monoisotopic (exact) mass is 235 g/mol. The van der Waals surface area contributed by atoms with Crippen LogP contribution in [0.4, 0.5) is 0 Å². The molecule has 3 nitrogen and oxygen atoms in total. The van der Waals surface area contributed by atoms with Crippen LogP contribution in [0.15, 0.2) is 24.3 Å². The summed E-state index contributed by atoms with van der Waals surface area (Å²) in [6.07, 6.45) is 1.12. The van der Waals surface area contributed by atoms with E-state index < -0.39 is 0 Å². The van der Waals surface area contributed by atoms with Crippen LogP contribution in [-0.2, 0) is 4.74 Å². The van der Waals surface area contributed by atoms with E-state index in [0.29, 0.717) is 12.0 Å². The Kier molecular flexibility index (Phi) is 4.40. The van der Waals surface area contributed by atoms with Crippen LogP contribution in [0.1, 0.15) is 24.9 Å². The molecule has 1 heterocycles.